The SMILES string of the molecule is C#CC1CC(NC=O)C1. The van der Waals surface area contributed by atoms with Crippen molar-refractivity contribution in [3.05, 3.63) is 0 Å². The van der Waals surface area contributed by atoms with Crippen LogP contribution in [0.1, 0.15) is 12.8 Å². The van der Waals surface area contributed by atoms with Gasteiger partial charge in [0.15, 0.2) is 0 Å². The lowest BCUT2D eigenvalue weighted by atomic mass is 9.81. The van der Waals surface area contributed by atoms with Crippen LogP contribution in [0.5, 0.6) is 0 Å². The second kappa shape index (κ2) is 2.54. The summed E-state index contributed by atoms with van der Waals surface area (Å²) in [6.07, 6.45) is 7.77. The van der Waals surface area contributed by atoms with Gasteiger partial charge in [-0.15, -0.1) is 12.3 Å². The van der Waals surface area contributed by atoms with Crippen molar-refractivity contribution in [3.63, 3.8) is 0 Å². The first-order valence-corrected chi connectivity index (χ1v) is 3.02. The third-order valence-corrected chi connectivity index (χ3v) is 1.68. The molecule has 0 heterocycles. The summed E-state index contributed by atoms with van der Waals surface area (Å²) in [6, 6.07) is 0.351. The van der Waals surface area contributed by atoms with Gasteiger partial charge in [-0.25, -0.2) is 0 Å². The maximum atomic E-state index is 9.84. The zero-order valence-corrected chi connectivity index (χ0v) is 5.13. The molecule has 0 radical (unpaired) electrons. The number of rotatable bonds is 2. The summed E-state index contributed by atoms with van der Waals surface area (Å²) < 4.78 is 0. The molecule has 0 aromatic heterocycles. The molecule has 1 fully saturated rings. The van der Waals surface area contributed by atoms with E-state index in [0.29, 0.717) is 12.0 Å². The molecule has 0 unspecified atom stereocenters. The van der Waals surface area contributed by atoms with E-state index in [0.717, 1.165) is 19.3 Å². The third kappa shape index (κ3) is 1.23. The molecule has 1 N–H and O–H groups in total. The van der Waals surface area contributed by atoms with E-state index in [1.807, 2.05) is 0 Å². The molecule has 1 aliphatic carbocycles. The van der Waals surface area contributed by atoms with Crippen molar-refractivity contribution >= 4 is 6.41 Å². The van der Waals surface area contributed by atoms with E-state index in [9.17, 15) is 4.79 Å². The van der Waals surface area contributed by atoms with Crippen molar-refractivity contribution in [2.24, 2.45) is 5.92 Å². The molecular formula is C7H9NO. The quantitative estimate of drug-likeness (QED) is 0.411. The summed E-state index contributed by atoms with van der Waals surface area (Å²) in [5.41, 5.74) is 0. The van der Waals surface area contributed by atoms with E-state index < -0.39 is 0 Å². The molecule has 0 aliphatic heterocycles. The van der Waals surface area contributed by atoms with Gasteiger partial charge in [0.1, 0.15) is 0 Å². The molecule has 1 amide bonds. The molecule has 2 nitrogen and oxygen atoms in total. The van der Waals surface area contributed by atoms with Gasteiger partial charge in [-0.2, -0.15) is 0 Å². The number of terminal acetylenes is 1. The summed E-state index contributed by atoms with van der Waals surface area (Å²) in [7, 11) is 0. The van der Waals surface area contributed by atoms with Crippen molar-refractivity contribution in [1.29, 1.82) is 0 Å². The number of carbonyl (C=O) groups is 1. The first kappa shape index (κ1) is 6.15. The van der Waals surface area contributed by atoms with Crippen molar-refractivity contribution in [2.45, 2.75) is 18.9 Å². The number of hydrogen-bond acceptors (Lipinski definition) is 1. The molecule has 0 spiro atoms. The molecule has 0 aromatic carbocycles. The van der Waals surface area contributed by atoms with Crippen LogP contribution in [0.15, 0.2) is 0 Å². The first-order valence-electron chi connectivity index (χ1n) is 3.02. The summed E-state index contributed by atoms with van der Waals surface area (Å²) in [4.78, 5) is 9.84. The standard InChI is InChI=1S/C7H9NO/c1-2-6-3-7(4-6)8-5-9/h1,5-7H,3-4H2,(H,8,9). The highest BCUT2D eigenvalue weighted by atomic mass is 16.1. The molecule has 0 bridgehead atoms. The van der Waals surface area contributed by atoms with Crippen LogP contribution in [0, 0.1) is 18.3 Å². The minimum Gasteiger partial charge on any atom is -0.356 e. The molecule has 0 aromatic rings. The summed E-state index contributed by atoms with van der Waals surface area (Å²) in [5, 5.41) is 2.67. The van der Waals surface area contributed by atoms with E-state index in [-0.39, 0.29) is 0 Å². The Kier molecular flexibility index (Phi) is 1.74. The highest BCUT2D eigenvalue weighted by Crippen LogP contribution is 2.25. The van der Waals surface area contributed by atoms with Gasteiger partial charge in [0, 0.05) is 12.0 Å². The van der Waals surface area contributed by atoms with Crippen LogP contribution in [0.4, 0.5) is 0 Å². The second-order valence-electron chi connectivity index (χ2n) is 2.32. The molecule has 0 atom stereocenters. The molecule has 1 saturated carbocycles. The van der Waals surface area contributed by atoms with Crippen LogP contribution >= 0.6 is 0 Å². The predicted molar refractivity (Wildman–Crippen MR) is 34.5 cm³/mol. The highest BCUT2D eigenvalue weighted by Gasteiger charge is 2.26. The van der Waals surface area contributed by atoms with Crippen LogP contribution in [-0.2, 0) is 4.79 Å². The van der Waals surface area contributed by atoms with Crippen molar-refractivity contribution in [2.75, 3.05) is 0 Å². The Balaban J connectivity index is 2.13. The Morgan fingerprint density at radius 1 is 1.67 bits per heavy atom. The lowest BCUT2D eigenvalue weighted by Gasteiger charge is -2.30. The molecule has 2 heteroatoms. The highest BCUT2D eigenvalue weighted by molar-refractivity contribution is 5.47. The number of hydrogen-bond donors (Lipinski definition) is 1. The van der Waals surface area contributed by atoms with Gasteiger partial charge in [-0.3, -0.25) is 4.79 Å². The van der Waals surface area contributed by atoms with Gasteiger partial charge in [-0.1, -0.05) is 0 Å². The average molecular weight is 123 g/mol. The fourth-order valence-electron chi connectivity index (χ4n) is 0.986. The topological polar surface area (TPSA) is 29.1 Å². The number of nitrogens with one attached hydrogen (secondary N) is 1. The normalized spacial score (nSPS) is 31.9. The second-order valence-corrected chi connectivity index (χ2v) is 2.32. The summed E-state index contributed by atoms with van der Waals surface area (Å²) in [5.74, 6) is 3.04. The van der Waals surface area contributed by atoms with Gasteiger partial charge in [0.25, 0.3) is 0 Å². The Bertz CT molecular complexity index is 141. The molecule has 9 heavy (non-hydrogen) atoms. The van der Waals surface area contributed by atoms with Crippen LogP contribution in [0.3, 0.4) is 0 Å². The van der Waals surface area contributed by atoms with Crippen molar-refractivity contribution in [3.8, 4) is 12.3 Å². The van der Waals surface area contributed by atoms with Gasteiger partial charge in [0.05, 0.1) is 0 Å². The van der Waals surface area contributed by atoms with E-state index in [1.165, 1.54) is 0 Å². The third-order valence-electron chi connectivity index (χ3n) is 1.68. The molecule has 1 rings (SSSR count). The fraction of sp³-hybridized carbons (Fsp3) is 0.571. The Morgan fingerprint density at radius 2 is 2.33 bits per heavy atom. The lowest BCUT2D eigenvalue weighted by molar-refractivity contribution is -0.110. The molecule has 1 aliphatic rings. The Morgan fingerprint density at radius 3 is 2.78 bits per heavy atom. The van der Waals surface area contributed by atoms with Crippen molar-refractivity contribution in [1.82, 2.24) is 5.32 Å². The minimum atomic E-state index is 0.351. The zero-order chi connectivity index (χ0) is 6.69. The van der Waals surface area contributed by atoms with Gasteiger partial charge in [-0.05, 0) is 12.8 Å². The summed E-state index contributed by atoms with van der Waals surface area (Å²) in [6.45, 7) is 0. The average Bonchev–Trinajstić information content (AvgIpc) is 1.77. The van der Waals surface area contributed by atoms with Crippen molar-refractivity contribution < 1.29 is 4.79 Å². The van der Waals surface area contributed by atoms with Crippen LogP contribution in [0.25, 0.3) is 0 Å². The Hall–Kier alpha value is -0.970. The maximum Gasteiger partial charge on any atom is 0.207 e. The zero-order valence-electron chi connectivity index (χ0n) is 5.13. The molecular weight excluding hydrogens is 114 g/mol. The van der Waals surface area contributed by atoms with E-state index in [4.69, 9.17) is 6.42 Å². The van der Waals surface area contributed by atoms with E-state index in [1.54, 1.807) is 0 Å². The molecule has 48 valence electrons. The van der Waals surface area contributed by atoms with E-state index >= 15 is 0 Å². The van der Waals surface area contributed by atoms with Crippen LogP contribution in [-0.4, -0.2) is 12.5 Å². The number of amides is 1. The first-order chi connectivity index (χ1) is 4.36. The van der Waals surface area contributed by atoms with Gasteiger partial charge >= 0.3 is 0 Å². The largest absolute Gasteiger partial charge is 0.356 e. The summed E-state index contributed by atoms with van der Waals surface area (Å²) >= 11 is 0. The Labute approximate surface area is 54.6 Å². The van der Waals surface area contributed by atoms with Crippen LogP contribution in [0.2, 0.25) is 0 Å². The fourth-order valence-corrected chi connectivity index (χ4v) is 0.986. The smallest absolute Gasteiger partial charge is 0.207 e. The van der Waals surface area contributed by atoms with Gasteiger partial charge < -0.3 is 5.32 Å². The number of carbonyl (C=O) groups excluding carboxylic acids is 1. The lowest BCUT2D eigenvalue weighted by Crippen LogP contribution is -2.39. The minimum absolute atomic E-state index is 0.351. The van der Waals surface area contributed by atoms with Gasteiger partial charge in [0.2, 0.25) is 6.41 Å². The molecule has 0 saturated heterocycles. The van der Waals surface area contributed by atoms with E-state index in [2.05, 4.69) is 11.2 Å². The van der Waals surface area contributed by atoms with Crippen LogP contribution < -0.4 is 5.32 Å². The maximum absolute atomic E-state index is 9.84. The monoisotopic (exact) mass is 123 g/mol. The predicted octanol–water partition coefficient (Wildman–Crippen LogP) is 0.144.